The van der Waals surface area contributed by atoms with Gasteiger partial charge in [-0.05, 0) is 19.9 Å². The lowest BCUT2D eigenvalue weighted by atomic mass is 10.2. The van der Waals surface area contributed by atoms with Crippen LogP contribution in [0, 0.1) is 5.82 Å². The highest BCUT2D eigenvalue weighted by molar-refractivity contribution is 5.97. The first-order chi connectivity index (χ1) is 8.95. The van der Waals surface area contributed by atoms with E-state index in [-0.39, 0.29) is 29.9 Å². The van der Waals surface area contributed by atoms with E-state index in [2.05, 4.69) is 20.9 Å². The summed E-state index contributed by atoms with van der Waals surface area (Å²) in [5, 5.41) is 7.50. The fraction of sp³-hybridized carbons (Fsp3) is 0.417. The molecule has 1 aromatic heterocycles. The Balaban J connectivity index is 2.66. The lowest BCUT2D eigenvalue weighted by Gasteiger charge is -2.10. The van der Waals surface area contributed by atoms with Crippen molar-refractivity contribution in [2.45, 2.75) is 19.9 Å². The highest BCUT2D eigenvalue weighted by atomic mass is 19.1. The molecule has 0 bridgehead atoms. The summed E-state index contributed by atoms with van der Waals surface area (Å²) in [6.07, 6.45) is 1.32. The number of hydrogen-bond acceptors (Lipinski definition) is 4. The number of hydrogen-bond donors (Lipinski definition) is 3. The van der Waals surface area contributed by atoms with E-state index < -0.39 is 11.7 Å². The van der Waals surface area contributed by atoms with E-state index in [1.807, 2.05) is 0 Å². The Bertz CT molecular complexity index is 477. The highest BCUT2D eigenvalue weighted by Crippen LogP contribution is 2.13. The second-order valence-electron chi connectivity index (χ2n) is 4.18. The van der Waals surface area contributed by atoms with Crippen LogP contribution in [0.4, 0.5) is 10.2 Å². The molecule has 6 nitrogen and oxygen atoms in total. The van der Waals surface area contributed by atoms with Gasteiger partial charge in [-0.2, -0.15) is 0 Å². The van der Waals surface area contributed by atoms with E-state index in [1.54, 1.807) is 13.8 Å². The minimum atomic E-state index is -0.744. The lowest BCUT2D eigenvalue weighted by Crippen LogP contribution is -2.40. The van der Waals surface area contributed by atoms with Crippen molar-refractivity contribution >= 4 is 17.6 Å². The first kappa shape index (κ1) is 14.9. The van der Waals surface area contributed by atoms with E-state index in [4.69, 9.17) is 0 Å². The molecule has 1 aromatic rings. The van der Waals surface area contributed by atoms with Crippen LogP contribution in [-0.4, -0.2) is 36.4 Å². The predicted molar refractivity (Wildman–Crippen MR) is 69.4 cm³/mol. The van der Waals surface area contributed by atoms with Crippen LogP contribution in [0.1, 0.15) is 24.2 Å². The maximum atomic E-state index is 13.8. The highest BCUT2D eigenvalue weighted by Gasteiger charge is 2.16. The Hall–Kier alpha value is -2.18. The fourth-order valence-corrected chi connectivity index (χ4v) is 1.42. The maximum absolute atomic E-state index is 13.8. The predicted octanol–water partition coefficient (Wildman–Crippen LogP) is 0.517. The number of halogens is 1. The minimum absolute atomic E-state index is 0.0146. The Morgan fingerprint density at radius 2 is 2.11 bits per heavy atom. The molecular formula is C12H17FN4O2. The second kappa shape index (κ2) is 6.67. The van der Waals surface area contributed by atoms with Crippen LogP contribution in [-0.2, 0) is 4.79 Å². The summed E-state index contributed by atoms with van der Waals surface area (Å²) >= 11 is 0. The van der Waals surface area contributed by atoms with Crippen molar-refractivity contribution in [2.75, 3.05) is 18.9 Å². The molecule has 0 spiro atoms. The third-order valence-electron chi connectivity index (χ3n) is 2.23. The molecule has 0 saturated heterocycles. The van der Waals surface area contributed by atoms with Gasteiger partial charge in [0.1, 0.15) is 0 Å². The Labute approximate surface area is 110 Å². The van der Waals surface area contributed by atoms with Gasteiger partial charge in [-0.1, -0.05) is 0 Å². The van der Waals surface area contributed by atoms with Gasteiger partial charge in [0.15, 0.2) is 11.6 Å². The van der Waals surface area contributed by atoms with Crippen LogP contribution in [0.2, 0.25) is 0 Å². The summed E-state index contributed by atoms with van der Waals surface area (Å²) in [6.45, 7) is 3.41. The summed E-state index contributed by atoms with van der Waals surface area (Å²) in [6, 6.07) is 1.24. The summed E-state index contributed by atoms with van der Waals surface area (Å²) in [4.78, 5) is 26.8. The third kappa shape index (κ3) is 4.20. The molecule has 7 heteroatoms. The molecular weight excluding hydrogens is 251 g/mol. The quantitative estimate of drug-likeness (QED) is 0.727. The zero-order valence-electron chi connectivity index (χ0n) is 11.1. The molecule has 0 fully saturated rings. The monoisotopic (exact) mass is 268 g/mol. The molecule has 0 unspecified atom stereocenters. The van der Waals surface area contributed by atoms with E-state index in [9.17, 15) is 14.0 Å². The number of rotatable bonds is 5. The van der Waals surface area contributed by atoms with Crippen LogP contribution in [0.25, 0.3) is 0 Å². The number of nitrogens with one attached hydrogen (secondary N) is 3. The molecule has 3 N–H and O–H groups in total. The standard InChI is InChI=1S/C12H17FN4O2/c1-7(2)17-9(18)6-16-12(19)8-4-5-15-11(14-3)10(8)13/h4-5,7H,6H2,1-3H3,(H,14,15)(H,16,19)(H,17,18). The van der Waals surface area contributed by atoms with Crippen LogP contribution < -0.4 is 16.0 Å². The molecule has 0 aliphatic rings. The summed E-state index contributed by atoms with van der Waals surface area (Å²) in [5.74, 6) is -1.74. The Kier molecular flexibility index (Phi) is 5.23. The van der Waals surface area contributed by atoms with Crippen LogP contribution in [0.3, 0.4) is 0 Å². The molecule has 1 heterocycles. The van der Waals surface area contributed by atoms with Gasteiger partial charge >= 0.3 is 0 Å². The molecule has 104 valence electrons. The molecule has 1 rings (SSSR count). The van der Waals surface area contributed by atoms with Crippen molar-refractivity contribution in [3.63, 3.8) is 0 Å². The van der Waals surface area contributed by atoms with Gasteiger partial charge in [0.2, 0.25) is 5.91 Å². The van der Waals surface area contributed by atoms with Crippen LogP contribution >= 0.6 is 0 Å². The van der Waals surface area contributed by atoms with Crippen molar-refractivity contribution in [1.82, 2.24) is 15.6 Å². The SMILES string of the molecule is CNc1nccc(C(=O)NCC(=O)NC(C)C)c1F. The largest absolute Gasteiger partial charge is 0.371 e. The zero-order chi connectivity index (χ0) is 14.4. The maximum Gasteiger partial charge on any atom is 0.254 e. The Morgan fingerprint density at radius 1 is 1.42 bits per heavy atom. The van der Waals surface area contributed by atoms with Crippen molar-refractivity contribution < 1.29 is 14.0 Å². The van der Waals surface area contributed by atoms with Gasteiger partial charge < -0.3 is 16.0 Å². The molecule has 0 radical (unpaired) electrons. The van der Waals surface area contributed by atoms with E-state index in [0.717, 1.165) is 0 Å². The summed E-state index contributed by atoms with van der Waals surface area (Å²) in [5.41, 5.74) is -0.156. The number of carbonyl (C=O) groups is 2. The van der Waals surface area contributed by atoms with Gasteiger partial charge in [-0.15, -0.1) is 0 Å². The van der Waals surface area contributed by atoms with Gasteiger partial charge in [0.05, 0.1) is 12.1 Å². The molecule has 2 amide bonds. The van der Waals surface area contributed by atoms with Crippen LogP contribution in [0.5, 0.6) is 0 Å². The molecule has 0 aromatic carbocycles. The van der Waals surface area contributed by atoms with E-state index in [0.29, 0.717) is 0 Å². The molecule has 0 saturated carbocycles. The minimum Gasteiger partial charge on any atom is -0.371 e. The first-order valence-electron chi connectivity index (χ1n) is 5.85. The van der Waals surface area contributed by atoms with Gasteiger partial charge in [0.25, 0.3) is 5.91 Å². The number of amides is 2. The molecule has 0 atom stereocenters. The summed E-state index contributed by atoms with van der Waals surface area (Å²) in [7, 11) is 1.50. The fourth-order valence-electron chi connectivity index (χ4n) is 1.42. The molecule has 0 aliphatic carbocycles. The smallest absolute Gasteiger partial charge is 0.254 e. The van der Waals surface area contributed by atoms with Gasteiger partial charge in [-0.3, -0.25) is 9.59 Å². The second-order valence-corrected chi connectivity index (χ2v) is 4.18. The summed E-state index contributed by atoms with van der Waals surface area (Å²) < 4.78 is 13.8. The first-order valence-corrected chi connectivity index (χ1v) is 5.85. The van der Waals surface area contributed by atoms with Crippen molar-refractivity contribution in [2.24, 2.45) is 0 Å². The van der Waals surface area contributed by atoms with E-state index >= 15 is 0 Å². The Morgan fingerprint density at radius 3 is 2.68 bits per heavy atom. The molecule has 0 aliphatic heterocycles. The normalized spacial score (nSPS) is 10.2. The van der Waals surface area contributed by atoms with Gasteiger partial charge in [0, 0.05) is 19.3 Å². The third-order valence-corrected chi connectivity index (χ3v) is 2.23. The van der Waals surface area contributed by atoms with Crippen molar-refractivity contribution in [3.05, 3.63) is 23.6 Å². The average Bonchev–Trinajstić information content (AvgIpc) is 2.35. The zero-order valence-corrected chi connectivity index (χ0v) is 11.1. The average molecular weight is 268 g/mol. The van der Waals surface area contributed by atoms with Crippen LogP contribution in [0.15, 0.2) is 12.3 Å². The number of aromatic nitrogens is 1. The number of anilines is 1. The number of nitrogens with zero attached hydrogens (tertiary/aromatic N) is 1. The number of pyridine rings is 1. The van der Waals surface area contributed by atoms with Crippen molar-refractivity contribution in [1.29, 1.82) is 0 Å². The topological polar surface area (TPSA) is 83.1 Å². The molecule has 19 heavy (non-hydrogen) atoms. The lowest BCUT2D eigenvalue weighted by molar-refractivity contribution is -0.120. The number of carbonyl (C=O) groups excluding carboxylic acids is 2. The van der Waals surface area contributed by atoms with E-state index in [1.165, 1.54) is 19.3 Å². The van der Waals surface area contributed by atoms with Crippen molar-refractivity contribution in [3.8, 4) is 0 Å². The van der Waals surface area contributed by atoms with Gasteiger partial charge in [-0.25, -0.2) is 9.37 Å².